The molecule has 3 aromatic rings. The number of anilines is 1. The van der Waals surface area contributed by atoms with Crippen LogP contribution < -0.4 is 5.32 Å². The number of aromatic nitrogens is 1. The SMILES string of the molecule is ClCC(Nc1nc2ccccc2o1)c1ccccc1. The summed E-state index contributed by atoms with van der Waals surface area (Å²) in [5.74, 6) is 0.447. The Morgan fingerprint density at radius 3 is 2.53 bits per heavy atom. The predicted molar refractivity (Wildman–Crippen MR) is 77.5 cm³/mol. The fourth-order valence-electron chi connectivity index (χ4n) is 1.98. The summed E-state index contributed by atoms with van der Waals surface area (Å²) in [6.07, 6.45) is 0. The van der Waals surface area contributed by atoms with Crippen LogP contribution in [0.15, 0.2) is 59.0 Å². The van der Waals surface area contributed by atoms with Gasteiger partial charge in [-0.2, -0.15) is 4.98 Å². The number of hydrogen-bond donors (Lipinski definition) is 1. The number of hydrogen-bond acceptors (Lipinski definition) is 3. The van der Waals surface area contributed by atoms with Gasteiger partial charge in [0.05, 0.1) is 6.04 Å². The Labute approximate surface area is 116 Å². The summed E-state index contributed by atoms with van der Waals surface area (Å²) in [5.41, 5.74) is 2.72. The number of oxazole rings is 1. The Bertz CT molecular complexity index is 633. The second-order valence-corrected chi connectivity index (χ2v) is 4.56. The van der Waals surface area contributed by atoms with E-state index in [1.54, 1.807) is 0 Å². The molecule has 19 heavy (non-hydrogen) atoms. The normalized spacial score (nSPS) is 12.5. The van der Waals surface area contributed by atoms with Crippen molar-refractivity contribution in [2.24, 2.45) is 0 Å². The lowest BCUT2D eigenvalue weighted by Gasteiger charge is -2.14. The van der Waals surface area contributed by atoms with Gasteiger partial charge in [-0.05, 0) is 17.7 Å². The highest BCUT2D eigenvalue weighted by Crippen LogP contribution is 2.23. The maximum absolute atomic E-state index is 6.02. The van der Waals surface area contributed by atoms with Gasteiger partial charge in [0.15, 0.2) is 5.58 Å². The minimum Gasteiger partial charge on any atom is -0.424 e. The third kappa shape index (κ3) is 2.56. The summed E-state index contributed by atoms with van der Waals surface area (Å²) >= 11 is 6.02. The van der Waals surface area contributed by atoms with Crippen LogP contribution in [-0.4, -0.2) is 10.9 Å². The van der Waals surface area contributed by atoms with Crippen LogP contribution in [0.1, 0.15) is 11.6 Å². The molecule has 3 nitrogen and oxygen atoms in total. The van der Waals surface area contributed by atoms with Crippen molar-refractivity contribution in [3.05, 3.63) is 60.2 Å². The Morgan fingerprint density at radius 1 is 1.05 bits per heavy atom. The molecule has 1 N–H and O–H groups in total. The van der Waals surface area contributed by atoms with Crippen molar-refractivity contribution < 1.29 is 4.42 Å². The highest BCUT2D eigenvalue weighted by atomic mass is 35.5. The second kappa shape index (κ2) is 5.33. The summed E-state index contributed by atoms with van der Waals surface area (Å²) in [6.45, 7) is 0. The molecule has 0 aliphatic heterocycles. The monoisotopic (exact) mass is 272 g/mol. The van der Waals surface area contributed by atoms with Crippen molar-refractivity contribution in [3.63, 3.8) is 0 Å². The number of rotatable bonds is 4. The molecule has 0 aliphatic carbocycles. The molecule has 0 radical (unpaired) electrons. The average molecular weight is 273 g/mol. The molecule has 96 valence electrons. The second-order valence-electron chi connectivity index (χ2n) is 4.25. The van der Waals surface area contributed by atoms with Gasteiger partial charge in [0.25, 0.3) is 6.01 Å². The van der Waals surface area contributed by atoms with Crippen molar-refractivity contribution in [1.29, 1.82) is 0 Å². The maximum atomic E-state index is 6.02. The number of nitrogens with zero attached hydrogens (tertiary/aromatic N) is 1. The van der Waals surface area contributed by atoms with Gasteiger partial charge in [-0.15, -0.1) is 11.6 Å². The summed E-state index contributed by atoms with van der Waals surface area (Å²) in [6, 6.07) is 18.2. The number of alkyl halides is 1. The van der Waals surface area contributed by atoms with Crippen LogP contribution in [0, 0.1) is 0 Å². The zero-order valence-electron chi connectivity index (χ0n) is 10.2. The van der Waals surface area contributed by atoms with Gasteiger partial charge < -0.3 is 9.73 Å². The fraction of sp³-hybridized carbons (Fsp3) is 0.133. The van der Waals surface area contributed by atoms with E-state index in [1.165, 1.54) is 0 Å². The zero-order chi connectivity index (χ0) is 13.1. The number of para-hydroxylation sites is 2. The van der Waals surface area contributed by atoms with E-state index >= 15 is 0 Å². The molecule has 2 aromatic carbocycles. The quantitative estimate of drug-likeness (QED) is 0.723. The predicted octanol–water partition coefficient (Wildman–Crippen LogP) is 4.22. The van der Waals surface area contributed by atoms with E-state index in [4.69, 9.17) is 16.0 Å². The van der Waals surface area contributed by atoms with Gasteiger partial charge in [-0.1, -0.05) is 42.5 Å². The lowest BCUT2D eigenvalue weighted by atomic mass is 10.1. The fourth-order valence-corrected chi connectivity index (χ4v) is 2.23. The third-order valence-corrected chi connectivity index (χ3v) is 3.26. The Balaban J connectivity index is 1.86. The van der Waals surface area contributed by atoms with Crippen LogP contribution >= 0.6 is 11.6 Å². The average Bonchev–Trinajstić information content (AvgIpc) is 2.88. The van der Waals surface area contributed by atoms with Gasteiger partial charge in [0, 0.05) is 5.88 Å². The van der Waals surface area contributed by atoms with Crippen molar-refractivity contribution in [1.82, 2.24) is 4.98 Å². The third-order valence-electron chi connectivity index (χ3n) is 2.95. The molecule has 1 atom stereocenters. The molecule has 0 aliphatic rings. The highest BCUT2D eigenvalue weighted by Gasteiger charge is 2.13. The molecule has 0 amide bonds. The van der Waals surface area contributed by atoms with E-state index in [0.29, 0.717) is 11.9 Å². The standard InChI is InChI=1S/C15H13ClN2O/c16-10-13(11-6-2-1-3-7-11)18-15-17-12-8-4-5-9-14(12)19-15/h1-9,13H,10H2,(H,17,18). The molecule has 1 heterocycles. The number of halogens is 1. The molecule has 0 saturated carbocycles. The molecule has 1 aromatic heterocycles. The topological polar surface area (TPSA) is 38.1 Å². The number of fused-ring (bicyclic) bond motifs is 1. The minimum atomic E-state index is -0.0177. The van der Waals surface area contributed by atoms with E-state index < -0.39 is 0 Å². The van der Waals surface area contributed by atoms with E-state index in [0.717, 1.165) is 16.7 Å². The molecule has 0 spiro atoms. The summed E-state index contributed by atoms with van der Waals surface area (Å²) in [5, 5.41) is 3.22. The van der Waals surface area contributed by atoms with E-state index in [1.807, 2.05) is 54.6 Å². The van der Waals surface area contributed by atoms with Gasteiger partial charge in [-0.3, -0.25) is 0 Å². The zero-order valence-corrected chi connectivity index (χ0v) is 11.0. The van der Waals surface area contributed by atoms with E-state index in [2.05, 4.69) is 10.3 Å². The van der Waals surface area contributed by atoms with Crippen LogP contribution in [0.5, 0.6) is 0 Å². The van der Waals surface area contributed by atoms with Crippen LogP contribution in [0.4, 0.5) is 6.01 Å². The first-order valence-electron chi connectivity index (χ1n) is 6.10. The summed E-state index contributed by atoms with van der Waals surface area (Å²) in [4.78, 5) is 4.39. The molecular formula is C15H13ClN2O. The van der Waals surface area contributed by atoms with E-state index in [9.17, 15) is 0 Å². The smallest absolute Gasteiger partial charge is 0.296 e. The van der Waals surface area contributed by atoms with Crippen LogP contribution in [0.25, 0.3) is 11.1 Å². The Morgan fingerprint density at radius 2 is 1.79 bits per heavy atom. The Hall–Kier alpha value is -2.00. The van der Waals surface area contributed by atoms with Crippen LogP contribution in [0.3, 0.4) is 0 Å². The first-order valence-corrected chi connectivity index (χ1v) is 6.63. The van der Waals surface area contributed by atoms with Crippen molar-refractivity contribution >= 4 is 28.7 Å². The lowest BCUT2D eigenvalue weighted by molar-refractivity contribution is 0.604. The molecule has 4 heteroatoms. The molecular weight excluding hydrogens is 260 g/mol. The van der Waals surface area contributed by atoms with Gasteiger partial charge in [0.1, 0.15) is 5.52 Å². The highest BCUT2D eigenvalue weighted by molar-refractivity contribution is 6.18. The van der Waals surface area contributed by atoms with Gasteiger partial charge in [0.2, 0.25) is 0 Å². The number of nitrogens with one attached hydrogen (secondary N) is 1. The van der Waals surface area contributed by atoms with Crippen LogP contribution in [0.2, 0.25) is 0 Å². The van der Waals surface area contributed by atoms with Crippen molar-refractivity contribution in [2.45, 2.75) is 6.04 Å². The largest absolute Gasteiger partial charge is 0.424 e. The number of benzene rings is 2. The first-order chi connectivity index (χ1) is 9.36. The molecule has 0 saturated heterocycles. The maximum Gasteiger partial charge on any atom is 0.296 e. The summed E-state index contributed by atoms with van der Waals surface area (Å²) in [7, 11) is 0. The van der Waals surface area contributed by atoms with Crippen molar-refractivity contribution in [2.75, 3.05) is 11.2 Å². The van der Waals surface area contributed by atoms with Gasteiger partial charge >= 0.3 is 0 Å². The van der Waals surface area contributed by atoms with Crippen LogP contribution in [-0.2, 0) is 0 Å². The molecule has 0 bridgehead atoms. The summed E-state index contributed by atoms with van der Waals surface area (Å²) < 4.78 is 5.64. The van der Waals surface area contributed by atoms with Crippen molar-refractivity contribution in [3.8, 4) is 0 Å². The lowest BCUT2D eigenvalue weighted by Crippen LogP contribution is -2.12. The molecule has 3 rings (SSSR count). The Kier molecular flexibility index (Phi) is 3.38. The van der Waals surface area contributed by atoms with Gasteiger partial charge in [-0.25, -0.2) is 0 Å². The minimum absolute atomic E-state index is 0.0177. The van der Waals surface area contributed by atoms with E-state index in [-0.39, 0.29) is 6.04 Å². The molecule has 1 unspecified atom stereocenters. The first kappa shape index (κ1) is 12.1. The molecule has 0 fully saturated rings.